The standard InChI is InChI=1S/C14H16INO4/c15-10-4-1-2-5-11(10)16-14(19)9(8-13(17)18)12-6-3-7-20-12/h1-2,4-5,9,12H,3,6-8H2,(H,16,19)(H,17,18)/t9-,12-/m0/s1. The van der Waals surface area contributed by atoms with Gasteiger partial charge >= 0.3 is 5.97 Å². The molecule has 0 unspecified atom stereocenters. The quantitative estimate of drug-likeness (QED) is 0.759. The number of amides is 1. The molecule has 1 fully saturated rings. The van der Waals surface area contributed by atoms with Crippen LogP contribution in [-0.4, -0.2) is 29.7 Å². The highest BCUT2D eigenvalue weighted by molar-refractivity contribution is 14.1. The predicted octanol–water partition coefficient (Wildman–Crippen LogP) is 2.50. The average molecular weight is 389 g/mol. The Morgan fingerprint density at radius 1 is 1.45 bits per heavy atom. The SMILES string of the molecule is O=C(O)C[C@H](C(=O)Nc1ccccc1I)[C@@H]1CCCO1. The molecule has 1 aromatic carbocycles. The summed E-state index contributed by atoms with van der Waals surface area (Å²) in [6.07, 6.45) is 1.10. The normalized spacial score (nSPS) is 19.6. The van der Waals surface area contributed by atoms with Crippen LogP contribution in [0.5, 0.6) is 0 Å². The molecule has 0 aromatic heterocycles. The number of carbonyl (C=O) groups excluding carboxylic acids is 1. The summed E-state index contributed by atoms with van der Waals surface area (Å²) in [4.78, 5) is 23.3. The summed E-state index contributed by atoms with van der Waals surface area (Å²) >= 11 is 2.13. The van der Waals surface area contributed by atoms with Crippen molar-refractivity contribution in [3.8, 4) is 0 Å². The van der Waals surface area contributed by atoms with Crippen LogP contribution in [-0.2, 0) is 14.3 Å². The van der Waals surface area contributed by atoms with Crippen molar-refractivity contribution in [3.63, 3.8) is 0 Å². The second-order valence-electron chi connectivity index (χ2n) is 4.72. The Morgan fingerprint density at radius 2 is 2.20 bits per heavy atom. The van der Waals surface area contributed by atoms with Gasteiger partial charge in [-0.05, 0) is 47.6 Å². The van der Waals surface area contributed by atoms with Gasteiger partial charge in [-0.2, -0.15) is 0 Å². The maximum absolute atomic E-state index is 12.3. The van der Waals surface area contributed by atoms with Gasteiger partial charge in [-0.1, -0.05) is 12.1 Å². The Labute approximate surface area is 130 Å². The van der Waals surface area contributed by atoms with Crippen molar-refractivity contribution >= 4 is 40.2 Å². The van der Waals surface area contributed by atoms with E-state index in [2.05, 4.69) is 27.9 Å². The molecular weight excluding hydrogens is 373 g/mol. The van der Waals surface area contributed by atoms with Crippen molar-refractivity contribution in [1.29, 1.82) is 0 Å². The van der Waals surface area contributed by atoms with E-state index >= 15 is 0 Å². The van der Waals surface area contributed by atoms with E-state index in [9.17, 15) is 9.59 Å². The zero-order valence-corrected chi connectivity index (χ0v) is 13.0. The third-order valence-electron chi connectivity index (χ3n) is 3.28. The van der Waals surface area contributed by atoms with E-state index in [1.54, 1.807) is 6.07 Å². The Kier molecular flexibility index (Phi) is 5.36. The van der Waals surface area contributed by atoms with Crippen molar-refractivity contribution < 1.29 is 19.4 Å². The minimum atomic E-state index is -0.983. The molecular formula is C14H16INO4. The van der Waals surface area contributed by atoms with Gasteiger partial charge in [0.05, 0.1) is 24.1 Å². The molecule has 2 N–H and O–H groups in total. The number of nitrogens with one attached hydrogen (secondary N) is 1. The third-order valence-corrected chi connectivity index (χ3v) is 4.22. The fourth-order valence-corrected chi connectivity index (χ4v) is 2.81. The lowest BCUT2D eigenvalue weighted by Crippen LogP contribution is -2.34. The molecule has 0 aliphatic carbocycles. The van der Waals surface area contributed by atoms with Gasteiger partial charge in [0.2, 0.25) is 5.91 Å². The van der Waals surface area contributed by atoms with E-state index in [4.69, 9.17) is 9.84 Å². The smallest absolute Gasteiger partial charge is 0.304 e. The highest BCUT2D eigenvalue weighted by Gasteiger charge is 2.33. The first kappa shape index (κ1) is 15.2. The first-order valence-electron chi connectivity index (χ1n) is 6.46. The van der Waals surface area contributed by atoms with Crippen molar-refractivity contribution in [2.75, 3.05) is 11.9 Å². The minimum absolute atomic E-state index is 0.208. The second-order valence-corrected chi connectivity index (χ2v) is 5.89. The number of aliphatic carboxylic acids is 1. The van der Waals surface area contributed by atoms with Crippen LogP contribution in [0.25, 0.3) is 0 Å². The third kappa shape index (κ3) is 3.92. The maximum atomic E-state index is 12.3. The molecule has 1 saturated heterocycles. The number of carboxylic acid groups (broad SMARTS) is 1. The fourth-order valence-electron chi connectivity index (χ4n) is 2.29. The molecule has 1 aliphatic heterocycles. The number of hydrogen-bond acceptors (Lipinski definition) is 3. The van der Waals surface area contributed by atoms with Gasteiger partial charge < -0.3 is 15.2 Å². The van der Waals surface area contributed by atoms with Gasteiger partial charge in [-0.25, -0.2) is 0 Å². The minimum Gasteiger partial charge on any atom is -0.481 e. The Bertz CT molecular complexity index is 500. The average Bonchev–Trinajstić information content (AvgIpc) is 2.92. The predicted molar refractivity (Wildman–Crippen MR) is 82.5 cm³/mol. The van der Waals surface area contributed by atoms with E-state index in [0.717, 1.165) is 16.4 Å². The molecule has 108 valence electrons. The number of carbonyl (C=O) groups is 2. The van der Waals surface area contributed by atoms with Crippen LogP contribution < -0.4 is 5.32 Å². The van der Waals surface area contributed by atoms with Crippen LogP contribution in [0.1, 0.15) is 19.3 Å². The van der Waals surface area contributed by atoms with Crippen molar-refractivity contribution in [2.24, 2.45) is 5.92 Å². The van der Waals surface area contributed by atoms with Crippen molar-refractivity contribution in [1.82, 2.24) is 0 Å². The number of ether oxygens (including phenoxy) is 1. The van der Waals surface area contributed by atoms with Gasteiger partial charge in [-0.15, -0.1) is 0 Å². The lowest BCUT2D eigenvalue weighted by Gasteiger charge is -2.21. The maximum Gasteiger partial charge on any atom is 0.304 e. The molecule has 0 radical (unpaired) electrons. The lowest BCUT2D eigenvalue weighted by atomic mass is 9.95. The second kappa shape index (κ2) is 7.03. The highest BCUT2D eigenvalue weighted by Crippen LogP contribution is 2.25. The monoisotopic (exact) mass is 389 g/mol. The number of hydrogen-bond donors (Lipinski definition) is 2. The molecule has 1 heterocycles. The fraction of sp³-hybridized carbons (Fsp3) is 0.429. The number of carboxylic acids is 1. The van der Waals surface area contributed by atoms with Crippen LogP contribution in [0.4, 0.5) is 5.69 Å². The van der Waals surface area contributed by atoms with E-state index in [-0.39, 0.29) is 18.4 Å². The van der Waals surface area contributed by atoms with Gasteiger partial charge in [0, 0.05) is 10.2 Å². The molecule has 1 amide bonds. The summed E-state index contributed by atoms with van der Waals surface area (Å²) in [5.41, 5.74) is 0.700. The zero-order valence-electron chi connectivity index (χ0n) is 10.8. The van der Waals surface area contributed by atoms with Crippen LogP contribution in [0.3, 0.4) is 0 Å². The van der Waals surface area contributed by atoms with Crippen LogP contribution in [0, 0.1) is 9.49 Å². The number of halogens is 1. The van der Waals surface area contributed by atoms with Crippen molar-refractivity contribution in [2.45, 2.75) is 25.4 Å². The molecule has 5 nitrogen and oxygen atoms in total. The molecule has 2 atom stereocenters. The molecule has 0 spiro atoms. The molecule has 1 aliphatic rings. The highest BCUT2D eigenvalue weighted by atomic mass is 127. The molecule has 0 saturated carbocycles. The topological polar surface area (TPSA) is 75.6 Å². The number of para-hydroxylation sites is 1. The molecule has 1 aromatic rings. The summed E-state index contributed by atoms with van der Waals surface area (Å²) < 4.78 is 6.40. The summed E-state index contributed by atoms with van der Waals surface area (Å²) in [6, 6.07) is 7.39. The van der Waals surface area contributed by atoms with Crippen molar-refractivity contribution in [3.05, 3.63) is 27.8 Å². The number of benzene rings is 1. The lowest BCUT2D eigenvalue weighted by molar-refractivity contribution is -0.142. The van der Waals surface area contributed by atoms with Crippen LogP contribution in [0.15, 0.2) is 24.3 Å². The molecule has 0 bridgehead atoms. The molecule has 2 rings (SSSR count). The Balaban J connectivity index is 2.09. The van der Waals surface area contributed by atoms with Crippen LogP contribution in [0.2, 0.25) is 0 Å². The van der Waals surface area contributed by atoms with Gasteiger partial charge in [0.1, 0.15) is 0 Å². The Morgan fingerprint density at radius 3 is 2.80 bits per heavy atom. The van der Waals surface area contributed by atoms with Gasteiger partial charge in [-0.3, -0.25) is 9.59 Å². The van der Waals surface area contributed by atoms with E-state index in [0.29, 0.717) is 12.3 Å². The van der Waals surface area contributed by atoms with E-state index in [1.807, 2.05) is 18.2 Å². The largest absolute Gasteiger partial charge is 0.481 e. The van der Waals surface area contributed by atoms with Gasteiger partial charge in [0.25, 0.3) is 0 Å². The van der Waals surface area contributed by atoms with Gasteiger partial charge in [0.15, 0.2) is 0 Å². The van der Waals surface area contributed by atoms with E-state index < -0.39 is 11.9 Å². The van der Waals surface area contributed by atoms with Crippen LogP contribution >= 0.6 is 22.6 Å². The Hall–Kier alpha value is -1.15. The first-order valence-corrected chi connectivity index (χ1v) is 7.54. The number of rotatable bonds is 5. The number of anilines is 1. The molecule has 6 heteroatoms. The molecule has 20 heavy (non-hydrogen) atoms. The summed E-state index contributed by atoms with van der Waals surface area (Å²) in [6.45, 7) is 0.594. The summed E-state index contributed by atoms with van der Waals surface area (Å²) in [5.74, 6) is -1.92. The van der Waals surface area contributed by atoms with E-state index in [1.165, 1.54) is 0 Å². The summed E-state index contributed by atoms with van der Waals surface area (Å²) in [5, 5.41) is 11.8. The summed E-state index contributed by atoms with van der Waals surface area (Å²) in [7, 11) is 0. The zero-order chi connectivity index (χ0) is 14.5. The first-order chi connectivity index (χ1) is 9.58.